The predicted molar refractivity (Wildman–Crippen MR) is 95.7 cm³/mol. The van der Waals surface area contributed by atoms with E-state index in [0.717, 1.165) is 28.1 Å². The molecule has 0 fully saturated rings. The molecule has 3 aromatic rings. The van der Waals surface area contributed by atoms with E-state index in [9.17, 15) is 4.79 Å². The van der Waals surface area contributed by atoms with Gasteiger partial charge in [0.1, 0.15) is 0 Å². The molecule has 0 unspecified atom stereocenters. The molecule has 1 amide bonds. The molecule has 0 saturated carbocycles. The highest BCUT2D eigenvalue weighted by Crippen LogP contribution is 2.19. The summed E-state index contributed by atoms with van der Waals surface area (Å²) in [6.07, 6.45) is 0. The summed E-state index contributed by atoms with van der Waals surface area (Å²) < 4.78 is 1.84. The first-order valence-electron chi connectivity index (χ1n) is 7.99. The van der Waals surface area contributed by atoms with Crippen LogP contribution in [-0.2, 0) is 13.6 Å². The largest absolute Gasteiger partial charge is 0.348 e. The molecule has 4 nitrogen and oxygen atoms in total. The van der Waals surface area contributed by atoms with Crippen LogP contribution in [0.2, 0.25) is 0 Å². The van der Waals surface area contributed by atoms with Gasteiger partial charge in [0, 0.05) is 30.4 Å². The topological polar surface area (TPSA) is 46.9 Å². The number of rotatable bonds is 4. The van der Waals surface area contributed by atoms with E-state index in [4.69, 9.17) is 0 Å². The molecular weight excluding hydrogens is 298 g/mol. The Bertz CT molecular complexity index is 849. The number of hydrogen-bond acceptors (Lipinski definition) is 2. The van der Waals surface area contributed by atoms with E-state index in [1.54, 1.807) is 0 Å². The number of amides is 1. The molecule has 24 heavy (non-hydrogen) atoms. The van der Waals surface area contributed by atoms with Gasteiger partial charge in [-0.1, -0.05) is 42.5 Å². The van der Waals surface area contributed by atoms with Gasteiger partial charge < -0.3 is 5.32 Å². The van der Waals surface area contributed by atoms with Crippen molar-refractivity contribution in [2.75, 3.05) is 0 Å². The van der Waals surface area contributed by atoms with Crippen molar-refractivity contribution in [2.24, 2.45) is 7.05 Å². The van der Waals surface area contributed by atoms with Crippen LogP contribution in [0.1, 0.15) is 27.3 Å². The molecule has 1 aromatic heterocycles. The molecule has 1 heterocycles. The minimum Gasteiger partial charge on any atom is -0.348 e. The monoisotopic (exact) mass is 319 g/mol. The molecule has 122 valence electrons. The normalized spacial score (nSPS) is 10.6. The number of aryl methyl sites for hydroxylation is 2. The Morgan fingerprint density at radius 1 is 1.00 bits per heavy atom. The molecule has 0 bridgehead atoms. The number of benzene rings is 2. The van der Waals surface area contributed by atoms with Gasteiger partial charge in [-0.3, -0.25) is 9.48 Å². The average molecular weight is 319 g/mol. The molecule has 0 spiro atoms. The van der Waals surface area contributed by atoms with Crippen molar-refractivity contribution in [1.82, 2.24) is 15.1 Å². The van der Waals surface area contributed by atoms with E-state index < -0.39 is 0 Å². The number of carbonyl (C=O) groups excluding carboxylic acids is 1. The summed E-state index contributed by atoms with van der Waals surface area (Å²) >= 11 is 0. The third-order valence-corrected chi connectivity index (χ3v) is 4.34. The summed E-state index contributed by atoms with van der Waals surface area (Å²) in [7, 11) is 1.91. The number of nitrogens with zero attached hydrogens (tertiary/aromatic N) is 2. The Hall–Kier alpha value is -2.88. The van der Waals surface area contributed by atoms with Crippen LogP contribution in [0.15, 0.2) is 54.6 Å². The maximum Gasteiger partial charge on any atom is 0.251 e. The summed E-state index contributed by atoms with van der Waals surface area (Å²) in [5, 5.41) is 7.35. The third-order valence-electron chi connectivity index (χ3n) is 4.34. The van der Waals surface area contributed by atoms with Gasteiger partial charge in [0.15, 0.2) is 0 Å². The minimum absolute atomic E-state index is 0.0720. The zero-order valence-electron chi connectivity index (χ0n) is 14.2. The summed E-state index contributed by atoms with van der Waals surface area (Å²) in [5.41, 5.74) is 6.01. The lowest BCUT2D eigenvalue weighted by Crippen LogP contribution is -2.23. The van der Waals surface area contributed by atoms with Crippen molar-refractivity contribution < 1.29 is 4.79 Å². The second-order valence-electron chi connectivity index (χ2n) is 5.90. The van der Waals surface area contributed by atoms with E-state index in [2.05, 4.69) is 22.5 Å². The number of nitrogens with one attached hydrogen (secondary N) is 1. The molecule has 0 aliphatic heterocycles. The molecule has 0 aliphatic carbocycles. The molecule has 0 aliphatic rings. The van der Waals surface area contributed by atoms with Crippen LogP contribution in [0.3, 0.4) is 0 Å². The molecule has 3 rings (SSSR count). The Morgan fingerprint density at radius 2 is 1.62 bits per heavy atom. The fourth-order valence-corrected chi connectivity index (χ4v) is 2.79. The summed E-state index contributed by atoms with van der Waals surface area (Å²) in [6.45, 7) is 4.46. The van der Waals surface area contributed by atoms with E-state index in [-0.39, 0.29) is 5.91 Å². The summed E-state index contributed by atoms with van der Waals surface area (Å²) in [5.74, 6) is -0.0720. The zero-order valence-corrected chi connectivity index (χ0v) is 14.2. The lowest BCUT2D eigenvalue weighted by molar-refractivity contribution is 0.0951. The Morgan fingerprint density at radius 3 is 2.21 bits per heavy atom. The van der Waals surface area contributed by atoms with Crippen LogP contribution in [0.5, 0.6) is 0 Å². The van der Waals surface area contributed by atoms with Gasteiger partial charge in [-0.05, 0) is 37.1 Å². The van der Waals surface area contributed by atoms with E-state index >= 15 is 0 Å². The highest BCUT2D eigenvalue weighted by molar-refractivity contribution is 5.94. The first-order valence-corrected chi connectivity index (χ1v) is 7.99. The van der Waals surface area contributed by atoms with Crippen molar-refractivity contribution in [1.29, 1.82) is 0 Å². The minimum atomic E-state index is -0.0720. The molecule has 1 N–H and O–H groups in total. The van der Waals surface area contributed by atoms with E-state index in [0.29, 0.717) is 12.1 Å². The molecule has 2 aromatic carbocycles. The molecule has 0 radical (unpaired) electrons. The van der Waals surface area contributed by atoms with Gasteiger partial charge in [0.05, 0.1) is 5.69 Å². The average Bonchev–Trinajstić information content (AvgIpc) is 2.86. The Balaban J connectivity index is 1.69. The predicted octanol–water partition coefficient (Wildman–Crippen LogP) is 3.63. The van der Waals surface area contributed by atoms with Crippen molar-refractivity contribution in [3.63, 3.8) is 0 Å². The fourth-order valence-electron chi connectivity index (χ4n) is 2.79. The number of hydrogen-bond donors (Lipinski definition) is 1. The first kappa shape index (κ1) is 16.0. The maximum atomic E-state index is 12.4. The van der Waals surface area contributed by atoms with Gasteiger partial charge in [-0.15, -0.1) is 0 Å². The third kappa shape index (κ3) is 3.23. The van der Waals surface area contributed by atoms with Crippen LogP contribution in [0.25, 0.3) is 11.1 Å². The summed E-state index contributed by atoms with van der Waals surface area (Å²) in [6, 6.07) is 17.8. The number of carbonyl (C=O) groups is 1. The van der Waals surface area contributed by atoms with Gasteiger partial charge in [-0.2, -0.15) is 5.10 Å². The van der Waals surface area contributed by atoms with Crippen molar-refractivity contribution >= 4 is 5.91 Å². The van der Waals surface area contributed by atoms with Crippen LogP contribution >= 0.6 is 0 Å². The van der Waals surface area contributed by atoms with Gasteiger partial charge in [0.25, 0.3) is 5.91 Å². The van der Waals surface area contributed by atoms with Crippen molar-refractivity contribution in [3.8, 4) is 11.1 Å². The molecule has 0 atom stereocenters. The standard InChI is InChI=1S/C20H21N3O/c1-14-19(15(2)23(3)22-14)13-21-20(24)18-11-9-17(10-12-18)16-7-5-4-6-8-16/h4-12H,13H2,1-3H3,(H,21,24). The van der Waals surface area contributed by atoms with Gasteiger partial charge in [-0.25, -0.2) is 0 Å². The number of aromatic nitrogens is 2. The van der Waals surface area contributed by atoms with Crippen LogP contribution in [0, 0.1) is 13.8 Å². The quantitative estimate of drug-likeness (QED) is 0.798. The fraction of sp³-hybridized carbons (Fsp3) is 0.200. The van der Waals surface area contributed by atoms with Crippen molar-refractivity contribution in [3.05, 3.63) is 77.1 Å². The smallest absolute Gasteiger partial charge is 0.251 e. The molecular formula is C20H21N3O. The van der Waals surface area contributed by atoms with Crippen LogP contribution in [0.4, 0.5) is 0 Å². The highest BCUT2D eigenvalue weighted by Gasteiger charge is 2.11. The van der Waals surface area contributed by atoms with E-state index in [1.165, 1.54) is 0 Å². The lowest BCUT2D eigenvalue weighted by Gasteiger charge is -2.07. The van der Waals surface area contributed by atoms with E-state index in [1.807, 2.05) is 68.0 Å². The van der Waals surface area contributed by atoms with Gasteiger partial charge in [0.2, 0.25) is 0 Å². The highest BCUT2D eigenvalue weighted by atomic mass is 16.1. The zero-order chi connectivity index (χ0) is 17.1. The molecule has 4 heteroatoms. The Kier molecular flexibility index (Phi) is 4.47. The second kappa shape index (κ2) is 6.71. The lowest BCUT2D eigenvalue weighted by atomic mass is 10.0. The second-order valence-corrected chi connectivity index (χ2v) is 5.90. The maximum absolute atomic E-state index is 12.4. The summed E-state index contributed by atoms with van der Waals surface area (Å²) in [4.78, 5) is 12.4. The van der Waals surface area contributed by atoms with Crippen molar-refractivity contribution in [2.45, 2.75) is 20.4 Å². The van der Waals surface area contributed by atoms with Gasteiger partial charge >= 0.3 is 0 Å². The first-order chi connectivity index (χ1) is 11.6. The van der Waals surface area contributed by atoms with Crippen LogP contribution < -0.4 is 5.32 Å². The molecule has 0 saturated heterocycles. The SMILES string of the molecule is Cc1nn(C)c(C)c1CNC(=O)c1ccc(-c2ccccc2)cc1. The Labute approximate surface area is 142 Å². The van der Waals surface area contributed by atoms with Crippen LogP contribution in [-0.4, -0.2) is 15.7 Å².